The molecule has 0 bridgehead atoms. The SMILES string of the molecule is CCN(CC)CCCC(=O)Nc1nc(C)c(OC)c(C)n1. The maximum Gasteiger partial charge on any atom is 0.230 e. The molecule has 0 saturated carbocycles. The lowest BCUT2D eigenvalue weighted by atomic mass is 10.2. The van der Waals surface area contributed by atoms with Crippen molar-refractivity contribution in [2.75, 3.05) is 32.1 Å². The molecular formula is C15H26N4O2. The van der Waals surface area contributed by atoms with Gasteiger partial charge in [-0.3, -0.25) is 10.1 Å². The molecule has 6 heteroatoms. The first-order valence-corrected chi connectivity index (χ1v) is 7.43. The number of methoxy groups -OCH3 is 1. The summed E-state index contributed by atoms with van der Waals surface area (Å²) < 4.78 is 5.21. The van der Waals surface area contributed by atoms with Gasteiger partial charge in [-0.05, 0) is 39.9 Å². The molecule has 0 aliphatic rings. The first-order chi connectivity index (χ1) is 10.0. The lowest BCUT2D eigenvalue weighted by Gasteiger charge is -2.17. The Morgan fingerprint density at radius 2 is 1.76 bits per heavy atom. The highest BCUT2D eigenvalue weighted by atomic mass is 16.5. The van der Waals surface area contributed by atoms with E-state index >= 15 is 0 Å². The molecule has 0 fully saturated rings. The predicted octanol–water partition coefficient (Wildman–Crippen LogP) is 2.16. The van der Waals surface area contributed by atoms with Crippen molar-refractivity contribution < 1.29 is 9.53 Å². The Morgan fingerprint density at radius 1 is 1.19 bits per heavy atom. The van der Waals surface area contributed by atoms with E-state index in [0.717, 1.165) is 37.4 Å². The maximum absolute atomic E-state index is 11.9. The number of amides is 1. The van der Waals surface area contributed by atoms with E-state index in [1.54, 1.807) is 7.11 Å². The number of hydrogen-bond donors (Lipinski definition) is 1. The van der Waals surface area contributed by atoms with Crippen molar-refractivity contribution in [2.24, 2.45) is 0 Å². The van der Waals surface area contributed by atoms with Crippen molar-refractivity contribution in [3.63, 3.8) is 0 Å². The van der Waals surface area contributed by atoms with Crippen LogP contribution in [0.5, 0.6) is 5.75 Å². The highest BCUT2D eigenvalue weighted by molar-refractivity contribution is 5.88. The van der Waals surface area contributed by atoms with Gasteiger partial charge in [0.1, 0.15) is 0 Å². The number of carbonyl (C=O) groups excluding carboxylic acids is 1. The van der Waals surface area contributed by atoms with E-state index < -0.39 is 0 Å². The number of aromatic nitrogens is 2. The van der Waals surface area contributed by atoms with Crippen LogP contribution >= 0.6 is 0 Å². The molecule has 6 nitrogen and oxygen atoms in total. The minimum atomic E-state index is -0.0499. The van der Waals surface area contributed by atoms with Crippen LogP contribution < -0.4 is 10.1 Å². The number of carbonyl (C=O) groups is 1. The van der Waals surface area contributed by atoms with Gasteiger partial charge < -0.3 is 9.64 Å². The van der Waals surface area contributed by atoms with Crippen molar-refractivity contribution in [3.05, 3.63) is 11.4 Å². The molecule has 0 aliphatic heterocycles. The Bertz CT molecular complexity index is 450. The third-order valence-corrected chi connectivity index (χ3v) is 3.43. The van der Waals surface area contributed by atoms with Crippen molar-refractivity contribution in [1.82, 2.24) is 14.9 Å². The Morgan fingerprint density at radius 3 is 2.24 bits per heavy atom. The Labute approximate surface area is 126 Å². The number of aryl methyl sites for hydroxylation is 2. The Hall–Kier alpha value is -1.69. The van der Waals surface area contributed by atoms with Gasteiger partial charge in [-0.15, -0.1) is 0 Å². The molecule has 1 amide bonds. The third kappa shape index (κ3) is 5.30. The second-order valence-corrected chi connectivity index (χ2v) is 4.93. The zero-order chi connectivity index (χ0) is 15.8. The van der Waals surface area contributed by atoms with Gasteiger partial charge >= 0.3 is 0 Å². The van der Waals surface area contributed by atoms with Crippen LogP contribution in [-0.2, 0) is 4.79 Å². The predicted molar refractivity (Wildman–Crippen MR) is 83.7 cm³/mol. The Balaban J connectivity index is 2.52. The largest absolute Gasteiger partial charge is 0.493 e. The molecule has 0 aliphatic carbocycles. The van der Waals surface area contributed by atoms with E-state index in [2.05, 4.69) is 34.0 Å². The first-order valence-electron chi connectivity index (χ1n) is 7.43. The summed E-state index contributed by atoms with van der Waals surface area (Å²) in [5, 5.41) is 2.75. The minimum absolute atomic E-state index is 0.0499. The fourth-order valence-corrected chi connectivity index (χ4v) is 2.25. The zero-order valence-corrected chi connectivity index (χ0v) is 13.7. The van der Waals surface area contributed by atoms with E-state index in [1.165, 1.54) is 0 Å². The van der Waals surface area contributed by atoms with E-state index in [1.807, 2.05) is 13.8 Å². The van der Waals surface area contributed by atoms with Gasteiger partial charge in [-0.1, -0.05) is 13.8 Å². The average molecular weight is 294 g/mol. The molecule has 0 spiro atoms. The van der Waals surface area contributed by atoms with Crippen molar-refractivity contribution >= 4 is 11.9 Å². The molecule has 118 valence electrons. The minimum Gasteiger partial charge on any atom is -0.493 e. The van der Waals surface area contributed by atoms with Gasteiger partial charge in [-0.2, -0.15) is 0 Å². The molecule has 1 aromatic rings. The van der Waals surface area contributed by atoms with Crippen LogP contribution in [0.15, 0.2) is 0 Å². The van der Waals surface area contributed by atoms with Crippen LogP contribution in [0.1, 0.15) is 38.1 Å². The van der Waals surface area contributed by atoms with E-state index in [-0.39, 0.29) is 5.91 Å². The molecule has 0 radical (unpaired) electrons. The normalized spacial score (nSPS) is 10.8. The van der Waals surface area contributed by atoms with Crippen LogP contribution in [0.25, 0.3) is 0 Å². The first kappa shape index (κ1) is 17.4. The molecule has 0 saturated heterocycles. The molecule has 1 heterocycles. The number of rotatable bonds is 8. The zero-order valence-electron chi connectivity index (χ0n) is 13.7. The molecule has 0 aromatic carbocycles. The number of ether oxygens (including phenoxy) is 1. The van der Waals surface area contributed by atoms with Crippen molar-refractivity contribution in [2.45, 2.75) is 40.5 Å². The molecule has 1 aromatic heterocycles. The highest BCUT2D eigenvalue weighted by Gasteiger charge is 2.11. The number of nitrogens with one attached hydrogen (secondary N) is 1. The van der Waals surface area contributed by atoms with E-state index in [4.69, 9.17) is 4.74 Å². The van der Waals surface area contributed by atoms with Gasteiger partial charge in [0, 0.05) is 6.42 Å². The summed E-state index contributed by atoms with van der Waals surface area (Å²) in [4.78, 5) is 22.7. The van der Waals surface area contributed by atoms with Crippen LogP contribution in [0, 0.1) is 13.8 Å². The van der Waals surface area contributed by atoms with Gasteiger partial charge in [0.2, 0.25) is 11.9 Å². The lowest BCUT2D eigenvalue weighted by Crippen LogP contribution is -2.25. The van der Waals surface area contributed by atoms with Gasteiger partial charge in [0.05, 0.1) is 18.5 Å². The third-order valence-electron chi connectivity index (χ3n) is 3.43. The van der Waals surface area contributed by atoms with Crippen LogP contribution in [0.4, 0.5) is 5.95 Å². The van der Waals surface area contributed by atoms with Crippen molar-refractivity contribution in [3.8, 4) is 5.75 Å². The summed E-state index contributed by atoms with van der Waals surface area (Å²) in [6, 6.07) is 0. The Kier molecular flexibility index (Phi) is 7.08. The summed E-state index contributed by atoms with van der Waals surface area (Å²) in [6.07, 6.45) is 1.31. The highest BCUT2D eigenvalue weighted by Crippen LogP contribution is 2.20. The molecular weight excluding hydrogens is 268 g/mol. The summed E-state index contributed by atoms with van der Waals surface area (Å²) in [5.41, 5.74) is 1.45. The molecule has 1 rings (SSSR count). The average Bonchev–Trinajstić information content (AvgIpc) is 2.43. The molecule has 0 atom stereocenters. The number of nitrogens with zero attached hydrogens (tertiary/aromatic N) is 3. The van der Waals surface area contributed by atoms with E-state index in [0.29, 0.717) is 18.1 Å². The van der Waals surface area contributed by atoms with Crippen molar-refractivity contribution in [1.29, 1.82) is 0 Å². The van der Waals surface area contributed by atoms with Gasteiger partial charge in [0.25, 0.3) is 0 Å². The summed E-state index contributed by atoms with van der Waals surface area (Å²) >= 11 is 0. The molecule has 1 N–H and O–H groups in total. The summed E-state index contributed by atoms with van der Waals surface area (Å²) in [5.74, 6) is 0.958. The van der Waals surface area contributed by atoms with E-state index in [9.17, 15) is 4.79 Å². The second kappa shape index (κ2) is 8.56. The van der Waals surface area contributed by atoms with Crippen LogP contribution in [0.2, 0.25) is 0 Å². The molecule has 0 unspecified atom stereocenters. The second-order valence-electron chi connectivity index (χ2n) is 4.93. The fraction of sp³-hybridized carbons (Fsp3) is 0.667. The topological polar surface area (TPSA) is 67.4 Å². The standard InChI is InChI=1S/C15H26N4O2/c1-6-19(7-2)10-8-9-13(20)18-15-16-11(3)14(21-5)12(4)17-15/h6-10H2,1-5H3,(H,16,17,18,20). The number of hydrogen-bond acceptors (Lipinski definition) is 5. The van der Waals surface area contributed by atoms with Gasteiger partial charge in [-0.25, -0.2) is 9.97 Å². The monoisotopic (exact) mass is 294 g/mol. The maximum atomic E-state index is 11.9. The quantitative estimate of drug-likeness (QED) is 0.796. The van der Waals surface area contributed by atoms with Gasteiger partial charge in [0.15, 0.2) is 5.75 Å². The lowest BCUT2D eigenvalue weighted by molar-refractivity contribution is -0.116. The summed E-state index contributed by atoms with van der Waals surface area (Å²) in [6.45, 7) is 10.9. The smallest absolute Gasteiger partial charge is 0.230 e. The number of anilines is 1. The summed E-state index contributed by atoms with van der Waals surface area (Å²) in [7, 11) is 1.59. The molecule has 21 heavy (non-hydrogen) atoms. The van der Waals surface area contributed by atoms with Crippen LogP contribution in [0.3, 0.4) is 0 Å². The van der Waals surface area contributed by atoms with Crippen LogP contribution in [-0.4, -0.2) is 47.5 Å². The fourth-order valence-electron chi connectivity index (χ4n) is 2.25.